The maximum absolute atomic E-state index is 13.1. The highest BCUT2D eigenvalue weighted by molar-refractivity contribution is 7.89. The number of anilines is 1. The molecule has 0 radical (unpaired) electrons. The first kappa shape index (κ1) is 24.4. The summed E-state index contributed by atoms with van der Waals surface area (Å²) in [5, 5.41) is 5.55. The highest BCUT2D eigenvalue weighted by Crippen LogP contribution is 2.27. The average molecular weight is 494 g/mol. The van der Waals surface area contributed by atoms with Gasteiger partial charge in [0.25, 0.3) is 5.91 Å². The minimum Gasteiger partial charge on any atom is -0.492 e. The van der Waals surface area contributed by atoms with Gasteiger partial charge in [-0.3, -0.25) is 9.59 Å². The van der Waals surface area contributed by atoms with Crippen LogP contribution < -0.4 is 15.4 Å². The highest BCUT2D eigenvalue weighted by atomic mass is 32.2. The minimum absolute atomic E-state index is 0.150. The van der Waals surface area contributed by atoms with E-state index in [1.54, 1.807) is 42.5 Å². The Kier molecular flexibility index (Phi) is 7.79. The van der Waals surface area contributed by atoms with E-state index in [4.69, 9.17) is 4.74 Å². The third kappa shape index (κ3) is 5.87. The molecule has 8 nitrogen and oxygen atoms in total. The third-order valence-corrected chi connectivity index (χ3v) is 7.61. The van der Waals surface area contributed by atoms with E-state index in [1.165, 1.54) is 16.4 Å². The molecule has 0 aliphatic carbocycles. The number of sulfonamides is 1. The molecular formula is C26H27N3O5S. The Balaban J connectivity index is 1.40. The number of hydrogen-bond donors (Lipinski definition) is 2. The summed E-state index contributed by atoms with van der Waals surface area (Å²) in [6.45, 7) is 0.833. The Bertz CT molecular complexity index is 1270. The summed E-state index contributed by atoms with van der Waals surface area (Å²) in [5.41, 5.74) is 0.610. The maximum atomic E-state index is 13.1. The van der Waals surface area contributed by atoms with Gasteiger partial charge >= 0.3 is 0 Å². The van der Waals surface area contributed by atoms with Crippen LogP contribution in [-0.4, -0.2) is 50.3 Å². The maximum Gasteiger partial charge on any atom is 0.253 e. The molecule has 1 saturated heterocycles. The Morgan fingerprint density at radius 1 is 0.914 bits per heavy atom. The molecule has 3 aromatic rings. The third-order valence-electron chi connectivity index (χ3n) is 5.69. The molecule has 1 heterocycles. The number of nitrogens with zero attached hydrogens (tertiary/aromatic N) is 1. The van der Waals surface area contributed by atoms with Gasteiger partial charge < -0.3 is 15.4 Å². The highest BCUT2D eigenvalue weighted by Gasteiger charge is 2.39. The molecule has 4 rings (SSSR count). The Hall–Kier alpha value is -3.69. The van der Waals surface area contributed by atoms with Crippen LogP contribution >= 0.6 is 0 Å². The molecule has 1 fully saturated rings. The zero-order valence-electron chi connectivity index (χ0n) is 19.1. The summed E-state index contributed by atoms with van der Waals surface area (Å²) in [6, 6.07) is 23.1. The first-order valence-electron chi connectivity index (χ1n) is 11.4. The van der Waals surface area contributed by atoms with E-state index < -0.39 is 22.0 Å². The van der Waals surface area contributed by atoms with Crippen molar-refractivity contribution in [3.63, 3.8) is 0 Å². The van der Waals surface area contributed by atoms with Gasteiger partial charge in [0.05, 0.1) is 22.7 Å². The molecule has 0 spiro atoms. The van der Waals surface area contributed by atoms with Crippen LogP contribution in [0.1, 0.15) is 23.2 Å². The minimum atomic E-state index is -3.81. The normalized spacial score (nSPS) is 15.9. The SMILES string of the molecule is O=C(NCCOc1ccccc1)c1ccccc1NC(=O)[C@@H]1CCCN1S(=O)(=O)c1ccccc1. The number of ether oxygens (including phenoxy) is 1. The van der Waals surface area contributed by atoms with Gasteiger partial charge in [0.2, 0.25) is 15.9 Å². The number of benzene rings is 3. The fourth-order valence-electron chi connectivity index (χ4n) is 3.97. The van der Waals surface area contributed by atoms with Crippen LogP contribution in [0.3, 0.4) is 0 Å². The lowest BCUT2D eigenvalue weighted by Crippen LogP contribution is -2.43. The summed E-state index contributed by atoms with van der Waals surface area (Å²) < 4.78 is 33.0. The van der Waals surface area contributed by atoms with Gasteiger partial charge in [-0.05, 0) is 49.2 Å². The summed E-state index contributed by atoms with van der Waals surface area (Å²) in [5.74, 6) is -0.117. The van der Waals surface area contributed by atoms with Crippen LogP contribution in [0.5, 0.6) is 5.75 Å². The van der Waals surface area contributed by atoms with Crippen molar-refractivity contribution in [3.05, 3.63) is 90.5 Å². The standard InChI is InChI=1S/C26H27N3O5S/c30-25(27-17-19-34-20-10-3-1-4-11-20)22-14-7-8-15-23(22)28-26(31)24-16-9-18-29(24)35(32,33)21-12-5-2-6-13-21/h1-8,10-15,24H,9,16-19H2,(H,27,30)(H,28,31)/t24-/m0/s1. The van der Waals surface area contributed by atoms with Crippen LogP contribution in [0, 0.1) is 0 Å². The van der Waals surface area contributed by atoms with E-state index in [1.807, 2.05) is 30.3 Å². The lowest BCUT2D eigenvalue weighted by molar-refractivity contribution is -0.119. The summed E-state index contributed by atoms with van der Waals surface area (Å²) in [4.78, 5) is 26.0. The van der Waals surface area contributed by atoms with E-state index >= 15 is 0 Å². The Morgan fingerprint density at radius 3 is 2.31 bits per heavy atom. The molecule has 0 unspecified atom stereocenters. The van der Waals surface area contributed by atoms with Crippen LogP contribution in [0.4, 0.5) is 5.69 Å². The van der Waals surface area contributed by atoms with E-state index in [0.29, 0.717) is 30.9 Å². The van der Waals surface area contributed by atoms with Crippen LogP contribution in [0.2, 0.25) is 0 Å². The molecule has 35 heavy (non-hydrogen) atoms. The van der Waals surface area contributed by atoms with Crippen molar-refractivity contribution in [2.45, 2.75) is 23.8 Å². The van der Waals surface area contributed by atoms with Gasteiger partial charge in [-0.15, -0.1) is 0 Å². The number of carbonyl (C=O) groups excluding carboxylic acids is 2. The molecule has 1 atom stereocenters. The first-order chi connectivity index (χ1) is 17.0. The monoisotopic (exact) mass is 493 g/mol. The Labute approximate surface area is 205 Å². The van der Waals surface area contributed by atoms with Gasteiger partial charge in [-0.1, -0.05) is 48.5 Å². The number of para-hydroxylation sites is 2. The van der Waals surface area contributed by atoms with Crippen molar-refractivity contribution in [2.24, 2.45) is 0 Å². The van der Waals surface area contributed by atoms with E-state index in [-0.39, 0.29) is 29.5 Å². The van der Waals surface area contributed by atoms with Crippen molar-refractivity contribution in [1.82, 2.24) is 9.62 Å². The number of carbonyl (C=O) groups is 2. The number of hydrogen-bond acceptors (Lipinski definition) is 5. The second-order valence-electron chi connectivity index (χ2n) is 8.04. The second-order valence-corrected chi connectivity index (χ2v) is 9.93. The summed E-state index contributed by atoms with van der Waals surface area (Å²) in [6.07, 6.45) is 0.983. The summed E-state index contributed by atoms with van der Waals surface area (Å²) in [7, 11) is -3.81. The topological polar surface area (TPSA) is 105 Å². The van der Waals surface area contributed by atoms with E-state index in [0.717, 1.165) is 0 Å². The number of nitrogens with one attached hydrogen (secondary N) is 2. The number of rotatable bonds is 9. The molecule has 0 bridgehead atoms. The van der Waals surface area contributed by atoms with E-state index in [2.05, 4.69) is 10.6 Å². The van der Waals surface area contributed by atoms with Gasteiger partial charge in [0, 0.05) is 6.54 Å². The smallest absolute Gasteiger partial charge is 0.253 e. The molecule has 9 heteroatoms. The zero-order valence-corrected chi connectivity index (χ0v) is 19.9. The van der Waals surface area contributed by atoms with Gasteiger partial charge in [0.15, 0.2) is 0 Å². The first-order valence-corrected chi connectivity index (χ1v) is 12.8. The van der Waals surface area contributed by atoms with Gasteiger partial charge in [-0.2, -0.15) is 4.31 Å². The fourth-order valence-corrected chi connectivity index (χ4v) is 5.65. The van der Waals surface area contributed by atoms with Crippen LogP contribution in [0.25, 0.3) is 0 Å². The largest absolute Gasteiger partial charge is 0.492 e. The average Bonchev–Trinajstić information content (AvgIpc) is 3.39. The Morgan fingerprint density at radius 2 is 1.57 bits per heavy atom. The van der Waals surface area contributed by atoms with Crippen molar-refractivity contribution >= 4 is 27.5 Å². The zero-order chi connectivity index (χ0) is 24.7. The molecular weight excluding hydrogens is 466 g/mol. The second kappa shape index (κ2) is 11.2. The predicted molar refractivity (Wildman–Crippen MR) is 133 cm³/mol. The molecule has 182 valence electrons. The van der Waals surface area contributed by atoms with Crippen LogP contribution in [-0.2, 0) is 14.8 Å². The van der Waals surface area contributed by atoms with Crippen molar-refractivity contribution in [2.75, 3.05) is 25.0 Å². The molecule has 3 aromatic carbocycles. The molecule has 2 N–H and O–H groups in total. The van der Waals surface area contributed by atoms with Gasteiger partial charge in [0.1, 0.15) is 18.4 Å². The lowest BCUT2D eigenvalue weighted by Gasteiger charge is -2.24. The van der Waals surface area contributed by atoms with Crippen molar-refractivity contribution in [1.29, 1.82) is 0 Å². The molecule has 0 aromatic heterocycles. The quantitative estimate of drug-likeness (QED) is 0.445. The van der Waals surface area contributed by atoms with Crippen molar-refractivity contribution < 1.29 is 22.7 Å². The fraction of sp³-hybridized carbons (Fsp3) is 0.231. The van der Waals surface area contributed by atoms with Crippen molar-refractivity contribution in [3.8, 4) is 5.75 Å². The molecule has 1 aliphatic rings. The molecule has 0 saturated carbocycles. The number of amides is 2. The molecule has 1 aliphatic heterocycles. The predicted octanol–water partition coefficient (Wildman–Crippen LogP) is 3.29. The lowest BCUT2D eigenvalue weighted by atomic mass is 10.1. The van der Waals surface area contributed by atoms with E-state index in [9.17, 15) is 18.0 Å². The molecule has 2 amide bonds. The van der Waals surface area contributed by atoms with Crippen LogP contribution in [0.15, 0.2) is 89.8 Å². The van der Waals surface area contributed by atoms with Gasteiger partial charge in [-0.25, -0.2) is 8.42 Å². The summed E-state index contributed by atoms with van der Waals surface area (Å²) >= 11 is 0.